The molecule has 2 aromatic carbocycles. The molecule has 0 radical (unpaired) electrons. The monoisotopic (exact) mass is 366 g/mol. The number of hydrogen-bond acceptors (Lipinski definition) is 4. The first-order chi connectivity index (χ1) is 13.1. The molecule has 2 aliphatic heterocycles. The zero-order chi connectivity index (χ0) is 19.0. The fourth-order valence-electron chi connectivity index (χ4n) is 3.48. The van der Waals surface area contributed by atoms with E-state index >= 15 is 0 Å². The van der Waals surface area contributed by atoms with E-state index in [0.29, 0.717) is 23.6 Å². The van der Waals surface area contributed by atoms with Gasteiger partial charge in [0.1, 0.15) is 6.04 Å². The Hall–Kier alpha value is -3.02. The summed E-state index contributed by atoms with van der Waals surface area (Å²) in [5, 5.41) is 3.01. The molecule has 4 rings (SSSR count). The fraction of sp³-hybridized carbons (Fsp3) is 0.333. The van der Waals surface area contributed by atoms with Crippen LogP contribution in [0.15, 0.2) is 42.5 Å². The molecule has 2 heterocycles. The molecule has 6 nitrogen and oxygen atoms in total. The lowest BCUT2D eigenvalue weighted by atomic mass is 10.0. The van der Waals surface area contributed by atoms with Crippen LogP contribution in [0.5, 0.6) is 11.5 Å². The first kappa shape index (κ1) is 17.4. The summed E-state index contributed by atoms with van der Waals surface area (Å²) in [7, 11) is 0. The predicted molar refractivity (Wildman–Crippen MR) is 99.5 cm³/mol. The summed E-state index contributed by atoms with van der Waals surface area (Å²) in [5.74, 6) is 1.08. The van der Waals surface area contributed by atoms with E-state index in [9.17, 15) is 9.59 Å². The van der Waals surface area contributed by atoms with Crippen LogP contribution in [-0.2, 0) is 11.3 Å². The van der Waals surface area contributed by atoms with Crippen molar-refractivity contribution in [2.45, 2.75) is 38.9 Å². The molecule has 2 aliphatic rings. The van der Waals surface area contributed by atoms with Gasteiger partial charge in [0, 0.05) is 18.2 Å². The number of carbonyl (C=O) groups excluding carboxylic acids is 2. The Morgan fingerprint density at radius 3 is 2.81 bits per heavy atom. The molecule has 2 unspecified atom stereocenters. The number of nitrogens with one attached hydrogen (secondary N) is 1. The van der Waals surface area contributed by atoms with E-state index in [4.69, 9.17) is 9.47 Å². The van der Waals surface area contributed by atoms with E-state index in [1.807, 2.05) is 50.2 Å². The van der Waals surface area contributed by atoms with E-state index < -0.39 is 6.04 Å². The van der Waals surface area contributed by atoms with Crippen molar-refractivity contribution in [2.75, 3.05) is 6.79 Å². The SMILES string of the molecule is CCC(C)NC(=O)C1c2ccccc2C(=O)N1Cc1ccc2c(c1)OCO2. The number of benzene rings is 2. The van der Waals surface area contributed by atoms with Crippen molar-refractivity contribution in [3.63, 3.8) is 0 Å². The van der Waals surface area contributed by atoms with Gasteiger partial charge in [-0.05, 0) is 42.7 Å². The van der Waals surface area contributed by atoms with Gasteiger partial charge in [0.25, 0.3) is 5.91 Å². The minimum atomic E-state index is -0.631. The highest BCUT2D eigenvalue weighted by molar-refractivity contribution is 6.04. The number of hydrogen-bond donors (Lipinski definition) is 1. The highest BCUT2D eigenvalue weighted by Crippen LogP contribution is 2.37. The largest absolute Gasteiger partial charge is 0.454 e. The molecule has 0 saturated heterocycles. The molecule has 0 aromatic heterocycles. The zero-order valence-corrected chi connectivity index (χ0v) is 15.4. The predicted octanol–water partition coefficient (Wildman–Crippen LogP) is 3.03. The van der Waals surface area contributed by atoms with Crippen LogP contribution >= 0.6 is 0 Å². The second-order valence-corrected chi connectivity index (χ2v) is 6.93. The number of rotatable bonds is 5. The highest BCUT2D eigenvalue weighted by atomic mass is 16.7. The van der Waals surface area contributed by atoms with Crippen LogP contribution in [0.25, 0.3) is 0 Å². The molecule has 140 valence electrons. The Morgan fingerprint density at radius 1 is 1.22 bits per heavy atom. The number of fused-ring (bicyclic) bond motifs is 2. The summed E-state index contributed by atoms with van der Waals surface area (Å²) in [6, 6.07) is 12.3. The zero-order valence-electron chi connectivity index (χ0n) is 15.4. The summed E-state index contributed by atoms with van der Waals surface area (Å²) in [5.41, 5.74) is 2.23. The molecule has 1 N–H and O–H groups in total. The smallest absolute Gasteiger partial charge is 0.255 e. The van der Waals surface area contributed by atoms with Crippen LogP contribution in [0.2, 0.25) is 0 Å². The van der Waals surface area contributed by atoms with E-state index in [-0.39, 0.29) is 24.6 Å². The van der Waals surface area contributed by atoms with Gasteiger partial charge in [-0.3, -0.25) is 9.59 Å². The van der Waals surface area contributed by atoms with E-state index in [1.165, 1.54) is 0 Å². The second-order valence-electron chi connectivity index (χ2n) is 6.93. The second kappa shape index (κ2) is 6.95. The molecule has 0 bridgehead atoms. The standard InChI is InChI=1S/C21H22N2O4/c1-3-13(2)22-20(24)19-15-6-4-5-7-16(15)21(25)23(19)11-14-8-9-17-18(10-14)27-12-26-17/h4-10,13,19H,3,11-12H2,1-2H3,(H,22,24). The van der Waals surface area contributed by atoms with Crippen molar-refractivity contribution < 1.29 is 19.1 Å². The molecule has 27 heavy (non-hydrogen) atoms. The highest BCUT2D eigenvalue weighted by Gasteiger charge is 2.41. The molecule has 0 saturated carbocycles. The molecule has 0 fully saturated rings. The summed E-state index contributed by atoms with van der Waals surface area (Å²) < 4.78 is 10.8. The van der Waals surface area contributed by atoms with Gasteiger partial charge >= 0.3 is 0 Å². The average molecular weight is 366 g/mol. The van der Waals surface area contributed by atoms with Crippen molar-refractivity contribution in [1.29, 1.82) is 0 Å². The van der Waals surface area contributed by atoms with Crippen LogP contribution in [-0.4, -0.2) is 29.5 Å². The molecule has 6 heteroatoms. The van der Waals surface area contributed by atoms with Gasteiger partial charge in [0.2, 0.25) is 12.7 Å². The van der Waals surface area contributed by atoms with Crippen LogP contribution in [0.4, 0.5) is 0 Å². The third-order valence-corrected chi connectivity index (χ3v) is 5.10. The first-order valence-electron chi connectivity index (χ1n) is 9.17. The Morgan fingerprint density at radius 2 is 2.00 bits per heavy atom. The van der Waals surface area contributed by atoms with E-state index in [1.54, 1.807) is 11.0 Å². The number of amides is 2. The van der Waals surface area contributed by atoms with Crippen molar-refractivity contribution in [3.05, 3.63) is 59.2 Å². The molecule has 0 spiro atoms. The van der Waals surface area contributed by atoms with Gasteiger partial charge in [0.05, 0.1) is 0 Å². The van der Waals surface area contributed by atoms with Gasteiger partial charge in [-0.25, -0.2) is 0 Å². The summed E-state index contributed by atoms with van der Waals surface area (Å²) in [6.07, 6.45) is 0.830. The van der Waals surface area contributed by atoms with Crippen LogP contribution in [0, 0.1) is 0 Å². The summed E-state index contributed by atoms with van der Waals surface area (Å²) in [4.78, 5) is 27.6. The minimum Gasteiger partial charge on any atom is -0.454 e. The minimum absolute atomic E-state index is 0.0488. The maximum atomic E-state index is 13.0. The fourth-order valence-corrected chi connectivity index (χ4v) is 3.48. The lowest BCUT2D eigenvalue weighted by Gasteiger charge is -2.26. The summed E-state index contributed by atoms with van der Waals surface area (Å²) in [6.45, 7) is 4.50. The third-order valence-electron chi connectivity index (χ3n) is 5.10. The Balaban J connectivity index is 1.65. The number of ether oxygens (including phenoxy) is 2. The van der Waals surface area contributed by atoms with Gasteiger partial charge in [-0.15, -0.1) is 0 Å². The number of nitrogens with zero attached hydrogens (tertiary/aromatic N) is 1. The topological polar surface area (TPSA) is 67.9 Å². The maximum Gasteiger partial charge on any atom is 0.255 e. The van der Waals surface area contributed by atoms with Crippen LogP contribution in [0.3, 0.4) is 0 Å². The Bertz CT molecular complexity index is 896. The lowest BCUT2D eigenvalue weighted by molar-refractivity contribution is -0.126. The average Bonchev–Trinajstić information content (AvgIpc) is 3.25. The first-order valence-corrected chi connectivity index (χ1v) is 9.17. The Kier molecular flexibility index (Phi) is 4.48. The molecule has 2 aromatic rings. The van der Waals surface area contributed by atoms with Crippen LogP contribution < -0.4 is 14.8 Å². The van der Waals surface area contributed by atoms with Crippen molar-refractivity contribution >= 4 is 11.8 Å². The third kappa shape index (κ3) is 3.12. The van der Waals surface area contributed by atoms with Gasteiger partial charge in [-0.2, -0.15) is 0 Å². The molecular weight excluding hydrogens is 344 g/mol. The van der Waals surface area contributed by atoms with Gasteiger partial charge in [0.15, 0.2) is 11.5 Å². The Labute approximate surface area is 158 Å². The molecule has 0 aliphatic carbocycles. The molecule has 2 amide bonds. The van der Waals surface area contributed by atoms with Crippen molar-refractivity contribution in [1.82, 2.24) is 10.2 Å². The normalized spacial score (nSPS) is 18.4. The van der Waals surface area contributed by atoms with Crippen LogP contribution in [0.1, 0.15) is 47.8 Å². The molecule has 2 atom stereocenters. The van der Waals surface area contributed by atoms with Crippen molar-refractivity contribution in [2.24, 2.45) is 0 Å². The quantitative estimate of drug-likeness (QED) is 0.883. The van der Waals surface area contributed by atoms with E-state index in [0.717, 1.165) is 17.5 Å². The van der Waals surface area contributed by atoms with Gasteiger partial charge in [-0.1, -0.05) is 31.2 Å². The lowest BCUT2D eigenvalue weighted by Crippen LogP contribution is -2.42. The van der Waals surface area contributed by atoms with Gasteiger partial charge < -0.3 is 19.7 Å². The van der Waals surface area contributed by atoms with Crippen molar-refractivity contribution in [3.8, 4) is 11.5 Å². The number of carbonyl (C=O) groups is 2. The summed E-state index contributed by atoms with van der Waals surface area (Å²) >= 11 is 0. The van der Waals surface area contributed by atoms with E-state index in [2.05, 4.69) is 5.32 Å². The maximum absolute atomic E-state index is 13.0. The molecular formula is C21H22N2O4.